The third-order valence-corrected chi connectivity index (χ3v) is 2.91. The average Bonchev–Trinajstić information content (AvgIpc) is 2.85. The summed E-state index contributed by atoms with van der Waals surface area (Å²) in [4.78, 5) is 11.0. The summed E-state index contributed by atoms with van der Waals surface area (Å²) in [7, 11) is 0. The molecule has 3 N–H and O–H groups in total. The highest BCUT2D eigenvalue weighted by atomic mass is 19.1. The Bertz CT molecular complexity index is 592. The SMILES string of the molecule is CCn1ccc(CNc2ccc(F)c(C(N)=O)c2)c1. The number of benzene rings is 1. The zero-order valence-electron chi connectivity index (χ0n) is 10.7. The number of aromatic nitrogens is 1. The van der Waals surface area contributed by atoms with E-state index < -0.39 is 11.7 Å². The van der Waals surface area contributed by atoms with E-state index in [0.29, 0.717) is 12.2 Å². The van der Waals surface area contributed by atoms with Gasteiger partial charge in [-0.2, -0.15) is 0 Å². The maximum absolute atomic E-state index is 13.3. The molecule has 0 atom stereocenters. The Labute approximate surface area is 111 Å². The van der Waals surface area contributed by atoms with Gasteiger partial charge in [-0.15, -0.1) is 0 Å². The molecule has 0 aliphatic heterocycles. The second-order valence-electron chi connectivity index (χ2n) is 4.26. The van der Waals surface area contributed by atoms with E-state index >= 15 is 0 Å². The second-order valence-corrected chi connectivity index (χ2v) is 4.26. The first-order chi connectivity index (χ1) is 9.10. The number of rotatable bonds is 5. The van der Waals surface area contributed by atoms with E-state index in [0.717, 1.165) is 12.1 Å². The number of primary amides is 1. The molecule has 0 spiro atoms. The summed E-state index contributed by atoms with van der Waals surface area (Å²) < 4.78 is 15.4. The van der Waals surface area contributed by atoms with E-state index in [9.17, 15) is 9.18 Å². The molecule has 19 heavy (non-hydrogen) atoms. The number of anilines is 1. The van der Waals surface area contributed by atoms with E-state index in [1.54, 1.807) is 6.07 Å². The van der Waals surface area contributed by atoms with Gasteiger partial charge in [0.1, 0.15) is 5.82 Å². The molecule has 100 valence electrons. The first kappa shape index (κ1) is 13.1. The molecule has 1 aromatic heterocycles. The Morgan fingerprint density at radius 1 is 1.42 bits per heavy atom. The van der Waals surface area contributed by atoms with E-state index in [2.05, 4.69) is 16.8 Å². The zero-order valence-corrected chi connectivity index (χ0v) is 10.7. The van der Waals surface area contributed by atoms with E-state index in [-0.39, 0.29) is 5.56 Å². The van der Waals surface area contributed by atoms with Crippen LogP contribution in [0.1, 0.15) is 22.8 Å². The summed E-state index contributed by atoms with van der Waals surface area (Å²) in [5, 5.41) is 3.13. The van der Waals surface area contributed by atoms with Gasteiger partial charge in [0.05, 0.1) is 5.56 Å². The van der Waals surface area contributed by atoms with E-state index in [4.69, 9.17) is 5.73 Å². The van der Waals surface area contributed by atoms with Crippen molar-refractivity contribution in [2.45, 2.75) is 20.0 Å². The Balaban J connectivity index is 2.07. The molecule has 0 saturated carbocycles. The van der Waals surface area contributed by atoms with E-state index in [1.165, 1.54) is 12.1 Å². The predicted octanol–water partition coefficient (Wildman–Crippen LogP) is 2.36. The Hall–Kier alpha value is -2.30. The largest absolute Gasteiger partial charge is 0.381 e. The van der Waals surface area contributed by atoms with Gasteiger partial charge in [-0.25, -0.2) is 4.39 Å². The summed E-state index contributed by atoms with van der Waals surface area (Å²) in [6.07, 6.45) is 4.03. The second kappa shape index (κ2) is 5.56. The van der Waals surface area contributed by atoms with Crippen LogP contribution in [0.2, 0.25) is 0 Å². The summed E-state index contributed by atoms with van der Waals surface area (Å²) in [5.74, 6) is -1.37. The molecule has 5 heteroatoms. The molecule has 0 saturated heterocycles. The number of carbonyl (C=O) groups is 1. The van der Waals surface area contributed by atoms with Crippen LogP contribution in [0.4, 0.5) is 10.1 Å². The van der Waals surface area contributed by atoms with Crippen molar-refractivity contribution in [3.05, 3.63) is 53.6 Å². The van der Waals surface area contributed by atoms with Crippen LogP contribution in [0.15, 0.2) is 36.7 Å². The average molecular weight is 261 g/mol. The molecule has 2 aromatic rings. The minimum absolute atomic E-state index is 0.101. The van der Waals surface area contributed by atoms with Crippen molar-refractivity contribution in [3.8, 4) is 0 Å². The first-order valence-electron chi connectivity index (χ1n) is 6.08. The Morgan fingerprint density at radius 2 is 2.21 bits per heavy atom. The van der Waals surface area contributed by atoms with Crippen LogP contribution in [-0.2, 0) is 13.1 Å². The van der Waals surface area contributed by atoms with E-state index in [1.807, 2.05) is 18.5 Å². The summed E-state index contributed by atoms with van der Waals surface area (Å²) >= 11 is 0. The van der Waals surface area contributed by atoms with Gasteiger partial charge in [-0.1, -0.05) is 0 Å². The molecule has 1 aromatic carbocycles. The lowest BCUT2D eigenvalue weighted by Gasteiger charge is -2.07. The van der Waals surface area contributed by atoms with Crippen LogP contribution in [0.3, 0.4) is 0 Å². The normalized spacial score (nSPS) is 10.4. The smallest absolute Gasteiger partial charge is 0.251 e. The monoisotopic (exact) mass is 261 g/mol. The molecule has 0 unspecified atom stereocenters. The third kappa shape index (κ3) is 3.13. The van der Waals surface area contributed by atoms with Gasteiger partial charge in [0, 0.05) is 31.2 Å². The highest BCUT2D eigenvalue weighted by molar-refractivity contribution is 5.94. The van der Waals surface area contributed by atoms with Crippen molar-refractivity contribution in [3.63, 3.8) is 0 Å². The molecular weight excluding hydrogens is 245 g/mol. The molecule has 1 amide bonds. The highest BCUT2D eigenvalue weighted by Crippen LogP contribution is 2.15. The number of hydrogen-bond acceptors (Lipinski definition) is 2. The van der Waals surface area contributed by atoms with Crippen molar-refractivity contribution in [2.24, 2.45) is 5.73 Å². The van der Waals surface area contributed by atoms with Crippen LogP contribution in [0.5, 0.6) is 0 Å². The topological polar surface area (TPSA) is 60.1 Å². The zero-order chi connectivity index (χ0) is 13.8. The highest BCUT2D eigenvalue weighted by Gasteiger charge is 2.08. The van der Waals surface area contributed by atoms with Crippen LogP contribution in [0, 0.1) is 5.82 Å². The van der Waals surface area contributed by atoms with Gasteiger partial charge >= 0.3 is 0 Å². The molecule has 4 nitrogen and oxygen atoms in total. The lowest BCUT2D eigenvalue weighted by molar-refractivity contribution is 0.0996. The number of nitrogens with one attached hydrogen (secondary N) is 1. The molecule has 0 fully saturated rings. The molecule has 0 bridgehead atoms. The van der Waals surface area contributed by atoms with Gasteiger partial charge in [-0.3, -0.25) is 4.79 Å². The van der Waals surface area contributed by atoms with Crippen LogP contribution in [-0.4, -0.2) is 10.5 Å². The molecule has 0 aliphatic rings. The molecular formula is C14H16FN3O. The predicted molar refractivity (Wildman–Crippen MR) is 72.4 cm³/mol. The number of aryl methyl sites for hydroxylation is 1. The fraction of sp³-hybridized carbons (Fsp3) is 0.214. The molecule has 1 heterocycles. The quantitative estimate of drug-likeness (QED) is 0.868. The Kier molecular flexibility index (Phi) is 3.85. The molecule has 0 radical (unpaired) electrons. The molecule has 2 rings (SSSR count). The summed E-state index contributed by atoms with van der Waals surface area (Å²) in [6, 6.07) is 6.25. The number of nitrogens with zero attached hydrogens (tertiary/aromatic N) is 1. The van der Waals surface area contributed by atoms with Crippen molar-refractivity contribution >= 4 is 11.6 Å². The standard InChI is InChI=1S/C14H16FN3O/c1-2-18-6-5-10(9-18)8-17-11-3-4-13(15)12(7-11)14(16)19/h3-7,9,17H,2,8H2,1H3,(H2,16,19). The number of carbonyl (C=O) groups excluding carboxylic acids is 1. The number of hydrogen-bond donors (Lipinski definition) is 2. The van der Waals surface area contributed by atoms with Gasteiger partial charge < -0.3 is 15.6 Å². The maximum Gasteiger partial charge on any atom is 0.251 e. The van der Waals surface area contributed by atoms with Crippen molar-refractivity contribution in [1.82, 2.24) is 4.57 Å². The fourth-order valence-corrected chi connectivity index (χ4v) is 1.82. The summed E-state index contributed by atoms with van der Waals surface area (Å²) in [6.45, 7) is 3.59. The summed E-state index contributed by atoms with van der Waals surface area (Å²) in [5.41, 5.74) is 6.78. The lowest BCUT2D eigenvalue weighted by atomic mass is 10.1. The first-order valence-corrected chi connectivity index (χ1v) is 6.08. The van der Waals surface area contributed by atoms with Gasteiger partial charge in [-0.05, 0) is 36.8 Å². The fourth-order valence-electron chi connectivity index (χ4n) is 1.82. The number of nitrogens with two attached hydrogens (primary N) is 1. The lowest BCUT2D eigenvalue weighted by Crippen LogP contribution is -2.13. The van der Waals surface area contributed by atoms with Gasteiger partial charge in [0.25, 0.3) is 5.91 Å². The van der Waals surface area contributed by atoms with Crippen LogP contribution in [0.25, 0.3) is 0 Å². The molecule has 0 aliphatic carbocycles. The van der Waals surface area contributed by atoms with Crippen molar-refractivity contribution < 1.29 is 9.18 Å². The van der Waals surface area contributed by atoms with Crippen molar-refractivity contribution in [1.29, 1.82) is 0 Å². The number of halogens is 1. The van der Waals surface area contributed by atoms with Crippen LogP contribution >= 0.6 is 0 Å². The third-order valence-electron chi connectivity index (χ3n) is 2.91. The van der Waals surface area contributed by atoms with Gasteiger partial charge in [0.15, 0.2) is 0 Å². The Morgan fingerprint density at radius 3 is 2.84 bits per heavy atom. The van der Waals surface area contributed by atoms with Gasteiger partial charge in [0.2, 0.25) is 0 Å². The van der Waals surface area contributed by atoms with Crippen LogP contribution < -0.4 is 11.1 Å². The number of amides is 1. The minimum Gasteiger partial charge on any atom is -0.381 e. The maximum atomic E-state index is 13.3. The minimum atomic E-state index is -0.765. The van der Waals surface area contributed by atoms with Crippen molar-refractivity contribution in [2.75, 3.05) is 5.32 Å².